The molecule has 37 heavy (non-hydrogen) atoms. The molecule has 3 aromatic carbocycles. The van der Waals surface area contributed by atoms with Gasteiger partial charge in [-0.25, -0.2) is 19.3 Å². The number of thiazole rings is 1. The van der Waals surface area contributed by atoms with E-state index in [0.717, 1.165) is 21.0 Å². The molecule has 0 spiro atoms. The van der Waals surface area contributed by atoms with Crippen LogP contribution in [0.4, 0.5) is 13.2 Å². The number of ether oxygens (including phenoxy) is 1. The monoisotopic (exact) mass is 520 g/mol. The number of hydrogen-bond acceptors (Lipinski definition) is 6. The van der Waals surface area contributed by atoms with Crippen molar-refractivity contribution in [3.8, 4) is 27.6 Å². The van der Waals surface area contributed by atoms with Crippen molar-refractivity contribution >= 4 is 28.3 Å². The van der Waals surface area contributed by atoms with Gasteiger partial charge in [0.25, 0.3) is 5.91 Å². The Balaban J connectivity index is 1.51. The molecule has 2 heterocycles. The lowest BCUT2D eigenvalue weighted by Gasteiger charge is -2.11. The minimum absolute atomic E-state index is 0.0807. The first kappa shape index (κ1) is 24.4. The van der Waals surface area contributed by atoms with Crippen molar-refractivity contribution < 1.29 is 22.7 Å². The molecule has 2 N–H and O–H groups in total. The van der Waals surface area contributed by atoms with Crippen LogP contribution in [0.2, 0.25) is 0 Å². The highest BCUT2D eigenvalue weighted by Gasteiger charge is 2.20. The maximum Gasteiger partial charge on any atom is 0.387 e. The second-order valence-corrected chi connectivity index (χ2v) is 9.33. The Bertz CT molecular complexity index is 1640. The van der Waals surface area contributed by atoms with E-state index in [1.807, 2.05) is 6.07 Å². The average molecular weight is 521 g/mol. The zero-order chi connectivity index (χ0) is 26.1. The van der Waals surface area contributed by atoms with Gasteiger partial charge in [0.2, 0.25) is 0 Å². The summed E-state index contributed by atoms with van der Waals surface area (Å²) in [6.07, 6.45) is 2.20. The van der Waals surface area contributed by atoms with Crippen LogP contribution in [0.15, 0.2) is 66.9 Å². The number of fused-ring (bicyclic) bond motifs is 1. The number of amides is 1. The second kappa shape index (κ2) is 9.98. The Morgan fingerprint density at radius 1 is 1.08 bits per heavy atom. The molecule has 0 fully saturated rings. The molecule has 0 saturated carbocycles. The van der Waals surface area contributed by atoms with Gasteiger partial charge in [0, 0.05) is 28.6 Å². The van der Waals surface area contributed by atoms with Gasteiger partial charge in [0.05, 0.1) is 11.0 Å². The molecule has 0 aliphatic rings. The predicted molar refractivity (Wildman–Crippen MR) is 135 cm³/mol. The summed E-state index contributed by atoms with van der Waals surface area (Å²) in [5.41, 5.74) is 8.79. The third-order valence-electron chi connectivity index (χ3n) is 5.70. The molecule has 0 atom stereocenters. The van der Waals surface area contributed by atoms with E-state index in [4.69, 9.17) is 5.73 Å². The molecule has 0 radical (unpaired) electrons. The minimum Gasteiger partial charge on any atom is -0.435 e. The normalized spacial score (nSPS) is 11.3. The quantitative estimate of drug-likeness (QED) is 0.278. The van der Waals surface area contributed by atoms with Gasteiger partial charge in [-0.2, -0.15) is 8.78 Å². The Hall–Kier alpha value is -4.31. The van der Waals surface area contributed by atoms with Crippen molar-refractivity contribution in [1.82, 2.24) is 15.0 Å². The number of benzene rings is 3. The van der Waals surface area contributed by atoms with Crippen LogP contribution in [0.5, 0.6) is 5.75 Å². The smallest absolute Gasteiger partial charge is 0.387 e. The predicted octanol–water partition coefficient (Wildman–Crippen LogP) is 6.16. The fourth-order valence-corrected chi connectivity index (χ4v) is 4.94. The summed E-state index contributed by atoms with van der Waals surface area (Å²) in [5, 5.41) is 0.719. The van der Waals surface area contributed by atoms with Crippen LogP contribution in [0, 0.1) is 12.7 Å². The van der Waals surface area contributed by atoms with E-state index >= 15 is 0 Å². The largest absolute Gasteiger partial charge is 0.435 e. The van der Waals surface area contributed by atoms with E-state index in [-0.39, 0.29) is 22.7 Å². The fourth-order valence-electron chi connectivity index (χ4n) is 4.01. The lowest BCUT2D eigenvalue weighted by molar-refractivity contribution is -0.0502. The fraction of sp³-hybridized carbons (Fsp3) is 0.111. The highest BCUT2D eigenvalue weighted by molar-refractivity contribution is 7.15. The molecule has 5 rings (SSSR count). The molecular weight excluding hydrogens is 501 g/mol. The van der Waals surface area contributed by atoms with Gasteiger partial charge < -0.3 is 10.5 Å². The van der Waals surface area contributed by atoms with Crippen molar-refractivity contribution in [1.29, 1.82) is 0 Å². The van der Waals surface area contributed by atoms with Gasteiger partial charge in [0.15, 0.2) is 5.69 Å². The number of nitrogens with zero attached hydrogens (tertiary/aromatic N) is 3. The second-order valence-electron chi connectivity index (χ2n) is 8.22. The van der Waals surface area contributed by atoms with E-state index in [1.54, 1.807) is 49.5 Å². The number of primary amides is 1. The van der Waals surface area contributed by atoms with E-state index in [2.05, 4.69) is 19.7 Å². The van der Waals surface area contributed by atoms with Crippen LogP contribution in [0.25, 0.3) is 32.9 Å². The van der Waals surface area contributed by atoms with Crippen molar-refractivity contribution in [2.75, 3.05) is 0 Å². The Kier molecular flexibility index (Phi) is 6.58. The van der Waals surface area contributed by atoms with Crippen LogP contribution >= 0.6 is 11.3 Å². The summed E-state index contributed by atoms with van der Waals surface area (Å²) in [4.78, 5) is 26.6. The Morgan fingerprint density at radius 3 is 2.62 bits per heavy atom. The molecule has 2 aromatic heterocycles. The zero-order valence-corrected chi connectivity index (χ0v) is 20.2. The molecule has 10 heteroatoms. The molecule has 0 aliphatic heterocycles. The number of rotatable bonds is 7. The van der Waals surface area contributed by atoms with Crippen LogP contribution < -0.4 is 10.5 Å². The Morgan fingerprint density at radius 2 is 1.89 bits per heavy atom. The summed E-state index contributed by atoms with van der Waals surface area (Å²) >= 11 is 1.45. The SMILES string of the molecule is Cc1cc(-c2ncc(Cc3cccc4nc(C(N)=O)c(-c5ccccc5F)nc34)s2)ccc1OC(F)F. The zero-order valence-electron chi connectivity index (χ0n) is 19.4. The first-order valence-electron chi connectivity index (χ1n) is 11.1. The highest BCUT2D eigenvalue weighted by Crippen LogP contribution is 2.32. The van der Waals surface area contributed by atoms with Crippen molar-refractivity contribution in [2.24, 2.45) is 5.73 Å². The van der Waals surface area contributed by atoms with Crippen LogP contribution in [-0.2, 0) is 6.42 Å². The standard InChI is InChI=1S/C27H19F3N4O2S/c1-14-11-16(9-10-21(14)36-27(29)30)26-32-13-17(37-26)12-15-5-4-8-20-22(15)34-23(24(33-20)25(31)35)18-6-2-3-7-19(18)28/h2-11,13,27H,12H2,1H3,(H2,31,35). The molecular formula is C27H19F3N4O2S. The summed E-state index contributed by atoms with van der Waals surface area (Å²) in [5.74, 6) is -1.22. The van der Waals surface area contributed by atoms with Gasteiger partial charge in [-0.15, -0.1) is 11.3 Å². The van der Waals surface area contributed by atoms with Crippen LogP contribution in [0.3, 0.4) is 0 Å². The number of aromatic nitrogens is 3. The van der Waals surface area contributed by atoms with E-state index in [1.165, 1.54) is 29.5 Å². The van der Waals surface area contributed by atoms with Gasteiger partial charge in [-0.05, 0) is 54.4 Å². The van der Waals surface area contributed by atoms with E-state index < -0.39 is 18.3 Å². The molecule has 1 amide bonds. The number of para-hydroxylation sites is 1. The number of alkyl halides is 2. The molecule has 0 bridgehead atoms. The van der Waals surface area contributed by atoms with Gasteiger partial charge in [0.1, 0.15) is 22.3 Å². The maximum absolute atomic E-state index is 14.6. The number of carbonyl (C=O) groups excluding carboxylic acids is 1. The first-order valence-corrected chi connectivity index (χ1v) is 12.0. The topological polar surface area (TPSA) is 91.0 Å². The summed E-state index contributed by atoms with van der Waals surface area (Å²) in [6, 6.07) is 16.3. The lowest BCUT2D eigenvalue weighted by atomic mass is 10.1. The van der Waals surface area contributed by atoms with Gasteiger partial charge in [-0.1, -0.05) is 24.3 Å². The molecule has 5 aromatic rings. The number of carbonyl (C=O) groups is 1. The number of aryl methyl sites for hydroxylation is 1. The highest BCUT2D eigenvalue weighted by atomic mass is 32.1. The minimum atomic E-state index is -2.89. The van der Waals surface area contributed by atoms with Crippen LogP contribution in [0.1, 0.15) is 26.5 Å². The molecule has 6 nitrogen and oxygen atoms in total. The average Bonchev–Trinajstić information content (AvgIpc) is 3.33. The molecule has 0 unspecified atom stereocenters. The van der Waals surface area contributed by atoms with Crippen molar-refractivity contribution in [2.45, 2.75) is 20.0 Å². The molecule has 186 valence electrons. The van der Waals surface area contributed by atoms with Gasteiger partial charge >= 0.3 is 6.61 Å². The Labute approximate surface area is 213 Å². The first-order chi connectivity index (χ1) is 17.8. The third kappa shape index (κ3) is 5.01. The molecule has 0 aliphatic carbocycles. The van der Waals surface area contributed by atoms with Gasteiger partial charge in [-0.3, -0.25) is 4.79 Å². The summed E-state index contributed by atoms with van der Waals surface area (Å²) < 4.78 is 44.2. The maximum atomic E-state index is 14.6. The van der Waals surface area contributed by atoms with Crippen molar-refractivity contribution in [3.63, 3.8) is 0 Å². The molecule has 0 saturated heterocycles. The van der Waals surface area contributed by atoms with Crippen LogP contribution in [-0.4, -0.2) is 27.5 Å². The number of hydrogen-bond donors (Lipinski definition) is 1. The third-order valence-corrected chi connectivity index (χ3v) is 6.74. The lowest BCUT2D eigenvalue weighted by Crippen LogP contribution is -2.16. The van der Waals surface area contributed by atoms with E-state index in [0.29, 0.717) is 23.0 Å². The number of halogens is 3. The summed E-state index contributed by atoms with van der Waals surface area (Å²) in [7, 11) is 0. The van der Waals surface area contributed by atoms with Crippen molar-refractivity contribution in [3.05, 3.63) is 94.4 Å². The number of nitrogens with two attached hydrogens (primary N) is 1. The van der Waals surface area contributed by atoms with E-state index in [9.17, 15) is 18.0 Å². The summed E-state index contributed by atoms with van der Waals surface area (Å²) in [6.45, 7) is -1.20.